The molecule has 63 heavy (non-hydrogen) atoms. The number of fused-ring (bicyclic) bond motifs is 5. The molecular formula is C50H56F2N2O7S2. The summed E-state index contributed by atoms with van der Waals surface area (Å²) >= 11 is 0. The fourth-order valence-electron chi connectivity index (χ4n) is 10.3. The van der Waals surface area contributed by atoms with Crippen LogP contribution in [0.2, 0.25) is 0 Å². The number of hydrogen-bond donors (Lipinski definition) is 4. The number of Topliss-reactive ketones (excluding diaryl/α,β-unsaturated/α-hetero) is 1. The highest BCUT2D eigenvalue weighted by Crippen LogP contribution is 2.50. The van der Waals surface area contributed by atoms with Crippen LogP contribution >= 0.6 is 0 Å². The molecule has 0 saturated heterocycles. The Morgan fingerprint density at radius 1 is 0.603 bits per heavy atom. The van der Waals surface area contributed by atoms with Gasteiger partial charge in [-0.25, -0.2) is 17.2 Å². The molecule has 0 aromatic heterocycles. The second-order valence-corrected chi connectivity index (χ2v) is 24.6. The van der Waals surface area contributed by atoms with E-state index in [1.54, 1.807) is 24.3 Å². The average molecular weight is 899 g/mol. The van der Waals surface area contributed by atoms with Crippen LogP contribution in [0.5, 0.6) is 0 Å². The smallest absolute Gasteiger partial charge is 0.160 e. The minimum atomic E-state index is -4.23. The summed E-state index contributed by atoms with van der Waals surface area (Å²) in [5.74, 6) is 1.89. The van der Waals surface area contributed by atoms with Crippen molar-refractivity contribution in [3.05, 3.63) is 131 Å². The Hall–Kier alpha value is -4.99. The predicted molar refractivity (Wildman–Crippen MR) is 247 cm³/mol. The number of carbonyl (C=O) groups excluding carboxylic acids is 1. The molecule has 0 spiro atoms. The molecule has 334 valence electrons. The first-order valence-corrected chi connectivity index (χ1v) is 26.2. The third-order valence-electron chi connectivity index (χ3n) is 12.9. The number of hydrogen-bond acceptors (Lipinski definition) is 5. The summed E-state index contributed by atoms with van der Waals surface area (Å²) in [7, 11) is -8.47. The lowest BCUT2D eigenvalue weighted by atomic mass is 9.90. The number of ketones is 1. The van der Waals surface area contributed by atoms with Crippen molar-refractivity contribution in [3.8, 4) is 34.4 Å². The van der Waals surface area contributed by atoms with E-state index in [4.69, 9.17) is 0 Å². The van der Waals surface area contributed by atoms with E-state index in [0.29, 0.717) is 45.9 Å². The molecule has 4 aliphatic carbocycles. The van der Waals surface area contributed by atoms with E-state index in [1.165, 1.54) is 86.6 Å². The highest BCUT2D eigenvalue weighted by atomic mass is 32.3. The minimum absolute atomic E-state index is 0.0956. The maximum atomic E-state index is 14.0. The summed E-state index contributed by atoms with van der Waals surface area (Å²) in [5.41, 5.74) is 1.51. The molecule has 4 fully saturated rings. The predicted octanol–water partition coefficient (Wildman–Crippen LogP) is 11.7. The first kappa shape index (κ1) is 47.5. The van der Waals surface area contributed by atoms with Crippen LogP contribution in [0, 0.1) is 69.8 Å². The molecule has 6 unspecified atom stereocenters. The van der Waals surface area contributed by atoms with Gasteiger partial charge < -0.3 is 18.2 Å². The van der Waals surface area contributed by atoms with E-state index in [2.05, 4.69) is 48.5 Å². The van der Waals surface area contributed by atoms with Crippen molar-refractivity contribution >= 4 is 35.8 Å². The fraction of sp³-hybridized carbons (Fsp3) is 0.380. The monoisotopic (exact) mass is 898 g/mol. The van der Waals surface area contributed by atoms with Gasteiger partial charge in [0.15, 0.2) is 5.78 Å². The summed E-state index contributed by atoms with van der Waals surface area (Å²) in [4.78, 5) is 12.2. The lowest BCUT2D eigenvalue weighted by Gasteiger charge is -2.32. The number of nitrogens with zero attached hydrogens (tertiary/aromatic N) is 2. The van der Waals surface area contributed by atoms with Crippen LogP contribution in [0.15, 0.2) is 103 Å². The first-order chi connectivity index (χ1) is 29.5. The summed E-state index contributed by atoms with van der Waals surface area (Å²) in [5, 5.41) is 21.1. The van der Waals surface area contributed by atoms with Crippen molar-refractivity contribution in [2.24, 2.45) is 35.5 Å². The largest absolute Gasteiger partial charge is 0.308 e. The Morgan fingerprint density at radius 2 is 1.03 bits per heavy atom. The van der Waals surface area contributed by atoms with Crippen LogP contribution in [-0.2, 0) is 19.3 Å². The van der Waals surface area contributed by atoms with Gasteiger partial charge in [0.05, 0.1) is 30.4 Å². The van der Waals surface area contributed by atoms with E-state index in [-0.39, 0.29) is 34.0 Å². The van der Waals surface area contributed by atoms with Crippen LogP contribution in [0.4, 0.5) is 8.78 Å². The molecule has 4 aliphatic rings. The molecule has 6 atom stereocenters. The standard InChI is InChI=1S/C22H12F2N2O.C10H8.2C9H18O3S/c1-13(27)18-10-14(15-4-2-6-21(23)19(15)11-25)8-9-17(18)16-5-3-7-22(24)20(16)12-26;1-2-6-10-8-4-3-7-9(10)5-1;2*1-13(10,11,12)6-9-5-7-2-3-8(9)4-7/h2-10H,1H3;1-8H;2*7-9H,2-6H2,1H3,(H2,10,11,12). The second-order valence-electron chi connectivity index (χ2n) is 18.3. The minimum Gasteiger partial charge on any atom is -0.308 e. The van der Waals surface area contributed by atoms with Crippen molar-refractivity contribution in [2.45, 2.75) is 58.3 Å². The molecule has 5 aromatic carbocycles. The molecule has 0 amide bonds. The molecule has 4 saturated carbocycles. The quantitative estimate of drug-likeness (QED) is 0.116. The Morgan fingerprint density at radius 3 is 1.40 bits per heavy atom. The molecule has 0 radical (unpaired) electrons. The average Bonchev–Trinajstić information content (AvgIpc) is 4.04. The molecule has 0 heterocycles. The Kier molecular flexibility index (Phi) is 14.0. The highest BCUT2D eigenvalue weighted by molar-refractivity contribution is 8.09. The van der Waals surface area contributed by atoms with Crippen LogP contribution in [0.3, 0.4) is 0 Å². The van der Waals surface area contributed by atoms with Crippen LogP contribution in [0.25, 0.3) is 33.0 Å². The number of nitriles is 2. The van der Waals surface area contributed by atoms with Gasteiger partial charge in [-0.1, -0.05) is 97.8 Å². The zero-order chi connectivity index (χ0) is 45.8. The van der Waals surface area contributed by atoms with E-state index < -0.39 is 30.9 Å². The van der Waals surface area contributed by atoms with Crippen LogP contribution < -0.4 is 0 Å². The number of carbonyl (C=O) groups is 1. The van der Waals surface area contributed by atoms with Crippen molar-refractivity contribution in [1.29, 1.82) is 10.5 Å². The summed E-state index contributed by atoms with van der Waals surface area (Å²) in [6.07, 6.45) is 11.6. The molecule has 5 aromatic rings. The van der Waals surface area contributed by atoms with Gasteiger partial charge in [-0.05, 0) is 121 Å². The fourth-order valence-corrected chi connectivity index (χ4v) is 13.0. The van der Waals surface area contributed by atoms with Gasteiger partial charge in [-0.2, -0.15) is 10.5 Å². The summed E-state index contributed by atoms with van der Waals surface area (Å²) in [6.45, 7) is 1.35. The van der Waals surface area contributed by atoms with Gasteiger partial charge in [-0.15, -0.1) is 0 Å². The van der Waals surface area contributed by atoms with Crippen molar-refractivity contribution in [3.63, 3.8) is 0 Å². The van der Waals surface area contributed by atoms with E-state index >= 15 is 0 Å². The normalized spacial score (nSPS) is 23.2. The number of benzene rings is 5. The maximum absolute atomic E-state index is 14.0. The van der Waals surface area contributed by atoms with Gasteiger partial charge in [-0.3, -0.25) is 4.79 Å². The molecule has 4 bridgehead atoms. The van der Waals surface area contributed by atoms with Gasteiger partial charge in [0, 0.05) is 40.7 Å². The molecule has 9 nitrogen and oxygen atoms in total. The van der Waals surface area contributed by atoms with Crippen molar-refractivity contribution in [1.82, 2.24) is 0 Å². The van der Waals surface area contributed by atoms with Gasteiger partial charge in [0.25, 0.3) is 0 Å². The SMILES string of the molecule is CC(=O)c1cc(-c2cccc(F)c2C#N)ccc1-c1cccc(F)c1C#N.CS(=O)(O)(O)CC1CC2CCC1C2.CS(=O)(O)(O)CC1CC2CCC1C2.c1ccc2ccccc2c1. The van der Waals surface area contributed by atoms with Crippen molar-refractivity contribution < 1.29 is 40.2 Å². The lowest BCUT2D eigenvalue weighted by Crippen LogP contribution is -2.38. The van der Waals surface area contributed by atoms with Crippen LogP contribution in [0.1, 0.15) is 79.8 Å². The highest BCUT2D eigenvalue weighted by Gasteiger charge is 2.44. The van der Waals surface area contributed by atoms with E-state index in [9.17, 15) is 50.7 Å². The Labute approximate surface area is 368 Å². The number of halogens is 2. The summed E-state index contributed by atoms with van der Waals surface area (Å²) in [6, 6.07) is 33.5. The van der Waals surface area contributed by atoms with E-state index in [1.807, 2.05) is 12.1 Å². The van der Waals surface area contributed by atoms with Crippen LogP contribution in [-0.4, -0.2) is 56.4 Å². The van der Waals surface area contributed by atoms with Gasteiger partial charge in [0.1, 0.15) is 23.8 Å². The van der Waals surface area contributed by atoms with Crippen molar-refractivity contribution in [2.75, 3.05) is 24.0 Å². The third kappa shape index (κ3) is 12.8. The molecule has 0 aliphatic heterocycles. The third-order valence-corrected chi connectivity index (χ3v) is 15.3. The maximum Gasteiger partial charge on any atom is 0.160 e. The lowest BCUT2D eigenvalue weighted by molar-refractivity contribution is 0.101. The molecule has 13 heteroatoms. The van der Waals surface area contributed by atoms with E-state index in [0.717, 1.165) is 37.2 Å². The first-order valence-electron chi connectivity index (χ1n) is 21.2. The zero-order valence-electron chi connectivity index (χ0n) is 35.8. The van der Waals surface area contributed by atoms with Gasteiger partial charge in [0.2, 0.25) is 0 Å². The topological polar surface area (TPSA) is 180 Å². The Balaban J connectivity index is 0.000000153. The molecular weight excluding hydrogens is 843 g/mol. The second kappa shape index (κ2) is 18.6. The summed E-state index contributed by atoms with van der Waals surface area (Å²) < 4.78 is 87.7. The molecule has 9 rings (SSSR count). The number of rotatable bonds is 7. The van der Waals surface area contributed by atoms with Gasteiger partial charge >= 0.3 is 0 Å². The molecule has 4 N–H and O–H groups in total. The Bertz CT molecular complexity index is 2590. The zero-order valence-corrected chi connectivity index (χ0v) is 37.5.